The number of ether oxygens (including phenoxy) is 1. The summed E-state index contributed by atoms with van der Waals surface area (Å²) in [4.78, 5) is 12.4. The second-order valence-corrected chi connectivity index (χ2v) is 8.05. The van der Waals surface area contributed by atoms with Crippen molar-refractivity contribution in [3.05, 3.63) is 23.2 Å². The van der Waals surface area contributed by atoms with Crippen LogP contribution in [0.1, 0.15) is 20.8 Å². The number of hydrogen-bond acceptors (Lipinski definition) is 5. The molecule has 9 heteroatoms. The monoisotopic (exact) mass is 389 g/mol. The molecule has 1 amide bonds. The van der Waals surface area contributed by atoms with Crippen LogP contribution >= 0.6 is 11.6 Å². The maximum atomic E-state index is 12.7. The van der Waals surface area contributed by atoms with Crippen molar-refractivity contribution >= 4 is 33.2 Å². The molecule has 2 rings (SSSR count). The van der Waals surface area contributed by atoms with Gasteiger partial charge in [0.25, 0.3) is 0 Å². The van der Waals surface area contributed by atoms with Crippen LogP contribution in [0, 0.1) is 0 Å². The highest BCUT2D eigenvalue weighted by atomic mass is 35.5. The van der Waals surface area contributed by atoms with Gasteiger partial charge in [0.05, 0.1) is 17.7 Å². The molecule has 1 aromatic carbocycles. The molecule has 7 nitrogen and oxygen atoms in total. The summed E-state index contributed by atoms with van der Waals surface area (Å²) in [7, 11) is -3.72. The van der Waals surface area contributed by atoms with Crippen molar-refractivity contribution < 1.29 is 17.9 Å². The molecular weight excluding hydrogens is 366 g/mol. The molecule has 0 aliphatic carbocycles. The summed E-state index contributed by atoms with van der Waals surface area (Å²) in [5, 5.41) is 5.95. The summed E-state index contributed by atoms with van der Waals surface area (Å²) < 4.78 is 32.2. The minimum atomic E-state index is -3.72. The number of benzene rings is 1. The van der Waals surface area contributed by atoms with Gasteiger partial charge in [0.2, 0.25) is 15.9 Å². The number of morpholine rings is 1. The minimum absolute atomic E-state index is 0.0171. The van der Waals surface area contributed by atoms with Crippen molar-refractivity contribution in [2.75, 3.05) is 31.6 Å². The number of halogens is 1. The van der Waals surface area contributed by atoms with Gasteiger partial charge in [-0.1, -0.05) is 25.4 Å². The van der Waals surface area contributed by atoms with Gasteiger partial charge in [-0.15, -0.1) is 0 Å². The van der Waals surface area contributed by atoms with E-state index in [1.807, 2.05) is 6.92 Å². The molecule has 1 fully saturated rings. The largest absolute Gasteiger partial charge is 0.375 e. The zero-order valence-corrected chi connectivity index (χ0v) is 16.2. The third-order valence-electron chi connectivity index (χ3n) is 4.12. The zero-order valence-electron chi connectivity index (χ0n) is 14.6. The topological polar surface area (TPSA) is 87.7 Å². The molecule has 25 heavy (non-hydrogen) atoms. The van der Waals surface area contributed by atoms with Gasteiger partial charge in [-0.2, -0.15) is 4.31 Å². The number of hydrogen-bond donors (Lipinski definition) is 2. The molecule has 1 heterocycles. The van der Waals surface area contributed by atoms with Crippen molar-refractivity contribution in [1.82, 2.24) is 9.62 Å². The molecule has 0 saturated carbocycles. The first-order valence-corrected chi connectivity index (χ1v) is 10.1. The number of nitrogens with zero attached hydrogens (tertiary/aromatic N) is 1. The third-order valence-corrected chi connectivity index (χ3v) is 6.65. The van der Waals surface area contributed by atoms with E-state index in [-0.39, 0.29) is 21.9 Å². The van der Waals surface area contributed by atoms with Crippen LogP contribution in [0.4, 0.5) is 5.69 Å². The molecule has 0 radical (unpaired) electrons. The Hall–Kier alpha value is -1.19. The number of rotatable bonds is 6. The Kier molecular flexibility index (Phi) is 6.81. The van der Waals surface area contributed by atoms with Gasteiger partial charge in [0, 0.05) is 25.3 Å². The van der Waals surface area contributed by atoms with Gasteiger partial charge >= 0.3 is 0 Å². The number of amides is 1. The first-order valence-electron chi connectivity index (χ1n) is 8.26. The average molecular weight is 390 g/mol. The van der Waals surface area contributed by atoms with Crippen molar-refractivity contribution in [2.24, 2.45) is 0 Å². The van der Waals surface area contributed by atoms with Crippen LogP contribution in [0.15, 0.2) is 23.1 Å². The van der Waals surface area contributed by atoms with E-state index in [1.165, 1.54) is 16.4 Å². The van der Waals surface area contributed by atoms with Crippen molar-refractivity contribution in [1.29, 1.82) is 0 Å². The Labute approximate surface area is 153 Å². The Morgan fingerprint density at radius 2 is 2.08 bits per heavy atom. The molecule has 0 aromatic heterocycles. The first kappa shape index (κ1) is 20.1. The summed E-state index contributed by atoms with van der Waals surface area (Å²) in [6.45, 7) is 7.16. The van der Waals surface area contributed by atoms with Crippen LogP contribution in [0.2, 0.25) is 5.02 Å². The quantitative estimate of drug-likeness (QED) is 0.773. The lowest BCUT2D eigenvalue weighted by molar-refractivity contribution is -0.123. The van der Waals surface area contributed by atoms with Gasteiger partial charge in [-0.3, -0.25) is 4.79 Å². The van der Waals surface area contributed by atoms with E-state index < -0.39 is 16.1 Å². The van der Waals surface area contributed by atoms with Gasteiger partial charge in [-0.25, -0.2) is 8.42 Å². The summed E-state index contributed by atoms with van der Waals surface area (Å²) >= 11 is 6.10. The minimum Gasteiger partial charge on any atom is -0.375 e. The van der Waals surface area contributed by atoms with E-state index in [0.29, 0.717) is 31.9 Å². The lowest BCUT2D eigenvalue weighted by atomic mass is 10.1. The Morgan fingerprint density at radius 3 is 2.68 bits per heavy atom. The smallest absolute Gasteiger partial charge is 0.244 e. The Bertz CT molecular complexity index is 722. The van der Waals surface area contributed by atoms with Crippen LogP contribution < -0.4 is 10.6 Å². The van der Waals surface area contributed by atoms with E-state index in [1.54, 1.807) is 19.9 Å². The number of nitrogens with one attached hydrogen (secondary N) is 2. The second-order valence-electron chi connectivity index (χ2n) is 5.73. The standard InChI is InChI=1S/C16H24ClN3O4S/c1-4-20(5-2)25(22,23)14-10-12(6-7-13(14)17)19-16(21)15-11(3)24-9-8-18-15/h6-7,10-11,15,18H,4-5,8-9H2,1-3H3,(H,19,21)/t11-,15+/m1/s1. The molecule has 1 aliphatic heterocycles. The summed E-state index contributed by atoms with van der Waals surface area (Å²) in [6, 6.07) is 3.95. The molecule has 2 N–H and O–H groups in total. The third kappa shape index (κ3) is 4.51. The lowest BCUT2D eigenvalue weighted by Gasteiger charge is -2.29. The fourth-order valence-electron chi connectivity index (χ4n) is 2.73. The highest BCUT2D eigenvalue weighted by Crippen LogP contribution is 2.28. The summed E-state index contributed by atoms with van der Waals surface area (Å²) in [5.74, 6) is -0.277. The van der Waals surface area contributed by atoms with Crippen LogP contribution in [-0.2, 0) is 19.6 Å². The molecule has 2 atom stereocenters. The Morgan fingerprint density at radius 1 is 1.40 bits per heavy atom. The second kappa shape index (κ2) is 8.46. The molecule has 1 aromatic rings. The number of anilines is 1. The molecule has 140 valence electrons. The van der Waals surface area contributed by atoms with Crippen LogP contribution in [0.3, 0.4) is 0 Å². The highest BCUT2D eigenvalue weighted by molar-refractivity contribution is 7.89. The van der Waals surface area contributed by atoms with E-state index in [4.69, 9.17) is 16.3 Å². The lowest BCUT2D eigenvalue weighted by Crippen LogP contribution is -2.53. The van der Waals surface area contributed by atoms with Crippen LogP contribution in [-0.4, -0.2) is 57.0 Å². The highest BCUT2D eigenvalue weighted by Gasteiger charge is 2.29. The van der Waals surface area contributed by atoms with Gasteiger partial charge in [0.15, 0.2) is 0 Å². The number of sulfonamides is 1. The van der Waals surface area contributed by atoms with E-state index >= 15 is 0 Å². The number of carbonyl (C=O) groups is 1. The van der Waals surface area contributed by atoms with Crippen molar-refractivity contribution in [3.63, 3.8) is 0 Å². The van der Waals surface area contributed by atoms with Crippen LogP contribution in [0.5, 0.6) is 0 Å². The number of carbonyl (C=O) groups excluding carboxylic acids is 1. The molecule has 0 unspecified atom stereocenters. The van der Waals surface area contributed by atoms with Gasteiger partial charge in [-0.05, 0) is 25.1 Å². The maximum Gasteiger partial charge on any atom is 0.244 e. The van der Waals surface area contributed by atoms with Crippen molar-refractivity contribution in [3.8, 4) is 0 Å². The van der Waals surface area contributed by atoms with E-state index in [2.05, 4.69) is 10.6 Å². The molecule has 1 saturated heterocycles. The average Bonchev–Trinajstić information content (AvgIpc) is 2.57. The van der Waals surface area contributed by atoms with Crippen LogP contribution in [0.25, 0.3) is 0 Å². The molecule has 0 bridgehead atoms. The van der Waals surface area contributed by atoms with E-state index in [0.717, 1.165) is 0 Å². The van der Waals surface area contributed by atoms with E-state index in [9.17, 15) is 13.2 Å². The SMILES string of the molecule is CCN(CC)S(=O)(=O)c1cc(NC(=O)[C@H]2NCCO[C@@H]2C)ccc1Cl. The van der Waals surface area contributed by atoms with Crippen molar-refractivity contribution in [2.45, 2.75) is 37.8 Å². The molecule has 0 spiro atoms. The maximum absolute atomic E-state index is 12.7. The normalized spacial score (nSPS) is 21.3. The fourth-order valence-corrected chi connectivity index (χ4v) is 4.69. The molecule has 1 aliphatic rings. The predicted octanol–water partition coefficient (Wildman–Crippen LogP) is 1.69. The molecular formula is C16H24ClN3O4S. The van der Waals surface area contributed by atoms with Gasteiger partial charge < -0.3 is 15.4 Å². The zero-order chi connectivity index (χ0) is 18.6. The summed E-state index contributed by atoms with van der Waals surface area (Å²) in [5.41, 5.74) is 0.375. The Balaban J connectivity index is 2.25. The summed E-state index contributed by atoms with van der Waals surface area (Å²) in [6.07, 6.45) is -0.264. The predicted molar refractivity (Wildman–Crippen MR) is 97.4 cm³/mol. The van der Waals surface area contributed by atoms with Gasteiger partial charge in [0.1, 0.15) is 10.9 Å². The fraction of sp³-hybridized carbons (Fsp3) is 0.562. The first-order chi connectivity index (χ1) is 11.8.